The van der Waals surface area contributed by atoms with Crippen molar-refractivity contribution in [2.75, 3.05) is 0 Å². The molecule has 0 aliphatic rings. The standard InChI is InChI=1S/C23H24FN3O2S/c1-5-12-27-21(14-29-20-9-7-6-8-19(20)24)25-26-23(27)30-17(4)22(28)18-11-10-15(2)16(3)13-18/h5-11,13,17H,1,12,14H2,2-4H3/t17-/m0/s1. The van der Waals surface area contributed by atoms with E-state index in [1.54, 1.807) is 24.3 Å². The largest absolute Gasteiger partial charge is 0.483 e. The van der Waals surface area contributed by atoms with Gasteiger partial charge in [0.25, 0.3) is 0 Å². The molecule has 5 nitrogen and oxygen atoms in total. The van der Waals surface area contributed by atoms with Crippen molar-refractivity contribution in [2.45, 2.75) is 44.3 Å². The normalized spacial score (nSPS) is 11.9. The Morgan fingerprint density at radius 1 is 1.23 bits per heavy atom. The molecule has 0 bridgehead atoms. The molecule has 0 unspecified atom stereocenters. The fourth-order valence-corrected chi connectivity index (χ4v) is 3.82. The number of allylic oxidation sites excluding steroid dienone is 1. The zero-order chi connectivity index (χ0) is 21.7. The zero-order valence-electron chi connectivity index (χ0n) is 17.3. The van der Waals surface area contributed by atoms with Crippen molar-refractivity contribution in [1.29, 1.82) is 0 Å². The van der Waals surface area contributed by atoms with Crippen molar-refractivity contribution in [3.63, 3.8) is 0 Å². The quantitative estimate of drug-likeness (QED) is 0.269. The third kappa shape index (κ3) is 4.97. The van der Waals surface area contributed by atoms with Gasteiger partial charge in [-0.3, -0.25) is 9.36 Å². The number of carbonyl (C=O) groups excluding carboxylic acids is 1. The summed E-state index contributed by atoms with van der Waals surface area (Å²) in [5.41, 5.74) is 2.91. The molecule has 0 N–H and O–H groups in total. The number of rotatable bonds is 9. The predicted molar refractivity (Wildman–Crippen MR) is 117 cm³/mol. The van der Waals surface area contributed by atoms with Crippen LogP contribution in [0.25, 0.3) is 0 Å². The van der Waals surface area contributed by atoms with Crippen LogP contribution in [-0.4, -0.2) is 25.8 Å². The highest BCUT2D eigenvalue weighted by Gasteiger charge is 2.21. The second kappa shape index (κ2) is 9.71. The molecule has 0 amide bonds. The van der Waals surface area contributed by atoms with Gasteiger partial charge in [-0.25, -0.2) is 4.39 Å². The van der Waals surface area contributed by atoms with Gasteiger partial charge in [-0.05, 0) is 50.1 Å². The van der Waals surface area contributed by atoms with Gasteiger partial charge in [-0.15, -0.1) is 16.8 Å². The maximum atomic E-state index is 13.8. The molecule has 0 saturated carbocycles. The minimum absolute atomic E-state index is 0.0282. The fourth-order valence-electron chi connectivity index (χ4n) is 2.87. The summed E-state index contributed by atoms with van der Waals surface area (Å²) in [6, 6.07) is 11.9. The van der Waals surface area contributed by atoms with E-state index >= 15 is 0 Å². The molecule has 7 heteroatoms. The molecule has 2 aromatic carbocycles. The molecular formula is C23H24FN3O2S. The van der Waals surface area contributed by atoms with Crippen LogP contribution in [0.3, 0.4) is 0 Å². The van der Waals surface area contributed by atoms with Gasteiger partial charge in [0.15, 0.2) is 28.3 Å². The highest BCUT2D eigenvalue weighted by Crippen LogP contribution is 2.26. The molecule has 1 atom stereocenters. The van der Waals surface area contributed by atoms with E-state index in [2.05, 4.69) is 16.8 Å². The first-order chi connectivity index (χ1) is 14.4. The molecule has 30 heavy (non-hydrogen) atoms. The van der Waals surface area contributed by atoms with Crippen LogP contribution in [-0.2, 0) is 13.2 Å². The SMILES string of the molecule is C=CCn1c(COc2ccccc2F)nnc1S[C@@H](C)C(=O)c1ccc(C)c(C)c1. The van der Waals surface area contributed by atoms with Crippen molar-refractivity contribution in [3.8, 4) is 5.75 Å². The van der Waals surface area contributed by atoms with Gasteiger partial charge in [0.1, 0.15) is 6.61 Å². The second-order valence-corrected chi connectivity index (χ2v) is 8.25. The molecular weight excluding hydrogens is 401 g/mol. The topological polar surface area (TPSA) is 57.0 Å². The van der Waals surface area contributed by atoms with E-state index in [9.17, 15) is 9.18 Å². The number of aryl methyl sites for hydroxylation is 2. The van der Waals surface area contributed by atoms with Crippen LogP contribution in [0.4, 0.5) is 4.39 Å². The number of thioether (sulfide) groups is 1. The van der Waals surface area contributed by atoms with E-state index in [1.807, 2.05) is 43.5 Å². The molecule has 0 radical (unpaired) electrons. The lowest BCUT2D eigenvalue weighted by atomic mass is 10.0. The first-order valence-corrected chi connectivity index (χ1v) is 10.5. The number of benzene rings is 2. The molecule has 3 aromatic rings. The minimum atomic E-state index is -0.436. The molecule has 0 spiro atoms. The van der Waals surface area contributed by atoms with Gasteiger partial charge < -0.3 is 4.74 Å². The van der Waals surface area contributed by atoms with E-state index in [0.29, 0.717) is 23.1 Å². The Hall–Kier alpha value is -2.93. The number of Topliss-reactive ketones (excluding diaryl/α,β-unsaturated/α-hetero) is 1. The van der Waals surface area contributed by atoms with Crippen LogP contribution in [0.5, 0.6) is 5.75 Å². The van der Waals surface area contributed by atoms with Crippen LogP contribution in [0.2, 0.25) is 0 Å². The average molecular weight is 426 g/mol. The number of halogens is 1. The Labute approximate surface area is 180 Å². The summed E-state index contributed by atoms with van der Waals surface area (Å²) < 4.78 is 21.2. The Kier molecular flexibility index (Phi) is 7.05. The van der Waals surface area contributed by atoms with Gasteiger partial charge in [0.05, 0.1) is 5.25 Å². The maximum absolute atomic E-state index is 13.8. The summed E-state index contributed by atoms with van der Waals surface area (Å²) in [5, 5.41) is 8.64. The van der Waals surface area contributed by atoms with Gasteiger partial charge in [-0.2, -0.15) is 0 Å². The molecule has 0 aliphatic heterocycles. The van der Waals surface area contributed by atoms with Gasteiger partial charge in [-0.1, -0.05) is 42.1 Å². The fraction of sp³-hybridized carbons (Fsp3) is 0.261. The van der Waals surface area contributed by atoms with E-state index in [1.165, 1.54) is 17.8 Å². The predicted octanol–water partition coefficient (Wildman–Crippen LogP) is 5.16. The summed E-state index contributed by atoms with van der Waals surface area (Å²) in [6.07, 6.45) is 1.72. The first kappa shape index (κ1) is 21.8. The third-order valence-corrected chi connectivity index (χ3v) is 5.82. The molecule has 0 aliphatic carbocycles. The molecule has 1 aromatic heterocycles. The number of ether oxygens (including phenoxy) is 1. The highest BCUT2D eigenvalue weighted by molar-refractivity contribution is 8.00. The number of hydrogen-bond acceptors (Lipinski definition) is 5. The van der Waals surface area contributed by atoms with Crippen molar-refractivity contribution in [1.82, 2.24) is 14.8 Å². The van der Waals surface area contributed by atoms with Crippen molar-refractivity contribution >= 4 is 17.5 Å². The number of hydrogen-bond donors (Lipinski definition) is 0. The molecule has 1 heterocycles. The number of nitrogens with zero attached hydrogens (tertiary/aromatic N) is 3. The average Bonchev–Trinajstić information content (AvgIpc) is 3.10. The van der Waals surface area contributed by atoms with Crippen LogP contribution >= 0.6 is 11.8 Å². The van der Waals surface area contributed by atoms with Gasteiger partial charge in [0.2, 0.25) is 0 Å². The molecule has 0 fully saturated rings. The van der Waals surface area contributed by atoms with E-state index in [4.69, 9.17) is 4.74 Å². The first-order valence-electron chi connectivity index (χ1n) is 9.59. The van der Waals surface area contributed by atoms with Crippen LogP contribution < -0.4 is 4.74 Å². The van der Waals surface area contributed by atoms with E-state index < -0.39 is 5.82 Å². The van der Waals surface area contributed by atoms with E-state index in [-0.39, 0.29) is 23.4 Å². The summed E-state index contributed by atoms with van der Waals surface area (Å²) in [4.78, 5) is 12.9. The Balaban J connectivity index is 1.75. The van der Waals surface area contributed by atoms with Crippen LogP contribution in [0.15, 0.2) is 60.3 Å². The second-order valence-electron chi connectivity index (χ2n) is 6.94. The third-order valence-electron chi connectivity index (χ3n) is 4.74. The van der Waals surface area contributed by atoms with Gasteiger partial charge in [0, 0.05) is 12.1 Å². The van der Waals surface area contributed by atoms with Crippen LogP contribution in [0.1, 0.15) is 34.2 Å². The Morgan fingerprint density at radius 3 is 2.70 bits per heavy atom. The summed E-state index contributed by atoms with van der Waals surface area (Å²) >= 11 is 1.33. The smallest absolute Gasteiger partial charge is 0.192 e. The molecule has 156 valence electrons. The van der Waals surface area contributed by atoms with Gasteiger partial charge >= 0.3 is 0 Å². The zero-order valence-corrected chi connectivity index (χ0v) is 18.1. The van der Waals surface area contributed by atoms with Crippen molar-refractivity contribution in [3.05, 3.63) is 83.5 Å². The van der Waals surface area contributed by atoms with Crippen LogP contribution in [0, 0.1) is 19.7 Å². The number of aromatic nitrogens is 3. The summed E-state index contributed by atoms with van der Waals surface area (Å²) in [5.74, 6) is 0.277. The highest BCUT2D eigenvalue weighted by atomic mass is 32.2. The Morgan fingerprint density at radius 2 is 2.00 bits per heavy atom. The van der Waals surface area contributed by atoms with Crippen molar-refractivity contribution in [2.24, 2.45) is 0 Å². The Bertz CT molecular complexity index is 1060. The number of para-hydroxylation sites is 1. The lowest BCUT2D eigenvalue weighted by Crippen LogP contribution is -2.15. The monoisotopic (exact) mass is 425 g/mol. The lowest BCUT2D eigenvalue weighted by Gasteiger charge is -2.13. The molecule has 3 rings (SSSR count). The minimum Gasteiger partial charge on any atom is -0.483 e. The summed E-state index contributed by atoms with van der Waals surface area (Å²) in [7, 11) is 0. The molecule has 0 saturated heterocycles. The number of ketones is 1. The maximum Gasteiger partial charge on any atom is 0.192 e. The van der Waals surface area contributed by atoms with Crippen molar-refractivity contribution < 1.29 is 13.9 Å². The summed E-state index contributed by atoms with van der Waals surface area (Å²) in [6.45, 7) is 10.2. The van der Waals surface area contributed by atoms with E-state index in [0.717, 1.165) is 11.1 Å². The lowest BCUT2D eigenvalue weighted by molar-refractivity contribution is 0.0993. The number of carbonyl (C=O) groups is 1.